The quantitative estimate of drug-likeness (QED) is 0.284. The molecule has 0 bridgehead atoms. The molecule has 0 aliphatic rings. The largest absolute Gasteiger partial charge is 0.456 e. The van der Waals surface area contributed by atoms with Gasteiger partial charge in [-0.15, -0.1) is 0 Å². The molecule has 1 aromatic heterocycles. The number of furan rings is 1. The minimum absolute atomic E-state index is 0.0865. The second-order valence-electron chi connectivity index (χ2n) is 6.14. The van der Waals surface area contributed by atoms with Crippen molar-refractivity contribution in [2.24, 2.45) is 0 Å². The number of para-hydroxylation sites is 1. The van der Waals surface area contributed by atoms with Crippen LogP contribution in [0.2, 0.25) is 0 Å². The van der Waals surface area contributed by atoms with Crippen molar-refractivity contribution < 1.29 is 14.1 Å². The molecule has 0 saturated carbocycles. The summed E-state index contributed by atoms with van der Waals surface area (Å²) in [6.45, 7) is 0.390. The lowest BCUT2D eigenvalue weighted by atomic mass is 10.1. The molecule has 29 heavy (non-hydrogen) atoms. The third-order valence-electron chi connectivity index (χ3n) is 4.19. The zero-order valence-electron chi connectivity index (χ0n) is 15.4. The molecule has 144 valence electrons. The van der Waals surface area contributed by atoms with Crippen molar-refractivity contribution in [1.82, 2.24) is 5.32 Å². The van der Waals surface area contributed by atoms with Crippen molar-refractivity contribution in [3.05, 3.63) is 93.7 Å². The topological polar surface area (TPSA) is 109 Å². The lowest BCUT2D eigenvalue weighted by Crippen LogP contribution is -2.26. The third-order valence-corrected chi connectivity index (χ3v) is 4.19. The first-order valence-electron chi connectivity index (χ1n) is 8.86. The Morgan fingerprint density at radius 1 is 1.10 bits per heavy atom. The zero-order valence-corrected chi connectivity index (χ0v) is 15.4. The van der Waals surface area contributed by atoms with Gasteiger partial charge in [0.1, 0.15) is 23.2 Å². The Morgan fingerprint density at radius 3 is 2.55 bits per heavy atom. The average molecular weight is 387 g/mol. The van der Waals surface area contributed by atoms with Gasteiger partial charge in [-0.2, -0.15) is 5.26 Å². The molecule has 1 N–H and O–H groups in total. The highest BCUT2D eigenvalue weighted by atomic mass is 16.6. The molecule has 0 saturated heterocycles. The standard InChI is InChI=1S/C22H17N3O4/c23-15-17(22(26)24-13-12-16-6-2-1-3-7-16)14-18-10-11-21(29-18)19-8-4-5-9-20(19)25(27)28/h1-11,14H,12-13H2,(H,24,26)/b17-14+. The fraction of sp³-hybridized carbons (Fsp3) is 0.0909. The molecule has 0 radical (unpaired) electrons. The highest BCUT2D eigenvalue weighted by molar-refractivity contribution is 6.01. The number of carbonyl (C=O) groups excluding carboxylic acids is 1. The van der Waals surface area contributed by atoms with Gasteiger partial charge in [0, 0.05) is 18.7 Å². The molecular formula is C22H17N3O4. The smallest absolute Gasteiger partial charge is 0.280 e. The van der Waals surface area contributed by atoms with Gasteiger partial charge in [0.25, 0.3) is 11.6 Å². The van der Waals surface area contributed by atoms with Crippen LogP contribution in [-0.2, 0) is 11.2 Å². The Morgan fingerprint density at radius 2 is 1.83 bits per heavy atom. The van der Waals surface area contributed by atoms with Gasteiger partial charge in [0.05, 0.1) is 10.5 Å². The monoisotopic (exact) mass is 387 g/mol. The number of carbonyl (C=O) groups is 1. The molecule has 1 heterocycles. The molecule has 7 heteroatoms. The SMILES string of the molecule is N#C/C(=C\c1ccc(-c2ccccc2[N+](=O)[O-])o1)C(=O)NCCc1ccccc1. The van der Waals surface area contributed by atoms with Gasteiger partial charge >= 0.3 is 0 Å². The third kappa shape index (κ3) is 4.96. The maximum absolute atomic E-state index is 12.3. The van der Waals surface area contributed by atoms with Crippen LogP contribution >= 0.6 is 0 Å². The summed E-state index contributed by atoms with van der Waals surface area (Å²) in [5.41, 5.74) is 1.21. The highest BCUT2D eigenvalue weighted by Gasteiger charge is 2.17. The number of nitrogens with one attached hydrogen (secondary N) is 1. The lowest BCUT2D eigenvalue weighted by Gasteiger charge is -2.04. The van der Waals surface area contributed by atoms with Gasteiger partial charge in [0.2, 0.25) is 0 Å². The summed E-state index contributed by atoms with van der Waals surface area (Å²) in [5, 5.41) is 23.2. The van der Waals surface area contributed by atoms with E-state index in [1.165, 1.54) is 12.1 Å². The average Bonchev–Trinajstić information content (AvgIpc) is 3.21. The predicted octanol–water partition coefficient (Wildman–Crippen LogP) is 4.12. The van der Waals surface area contributed by atoms with E-state index in [4.69, 9.17) is 4.42 Å². The Labute approximate surface area is 167 Å². The van der Waals surface area contributed by atoms with E-state index < -0.39 is 10.8 Å². The van der Waals surface area contributed by atoms with Crippen LogP contribution in [0, 0.1) is 21.4 Å². The van der Waals surface area contributed by atoms with Crippen LogP contribution in [0.5, 0.6) is 0 Å². The first-order chi connectivity index (χ1) is 14.1. The van der Waals surface area contributed by atoms with Crippen molar-refractivity contribution in [2.75, 3.05) is 6.54 Å². The normalized spacial score (nSPS) is 10.9. The summed E-state index contributed by atoms with van der Waals surface area (Å²) in [6.07, 6.45) is 1.96. The van der Waals surface area contributed by atoms with E-state index in [0.717, 1.165) is 5.56 Å². The molecular weight excluding hydrogens is 370 g/mol. The number of nitro benzene ring substituents is 1. The summed E-state index contributed by atoms with van der Waals surface area (Å²) in [5.74, 6) is 0.0327. The van der Waals surface area contributed by atoms with E-state index in [1.54, 1.807) is 30.3 Å². The maximum Gasteiger partial charge on any atom is 0.280 e. The van der Waals surface area contributed by atoms with Crippen LogP contribution in [0.25, 0.3) is 17.4 Å². The number of hydrogen-bond acceptors (Lipinski definition) is 5. The van der Waals surface area contributed by atoms with E-state index in [1.807, 2.05) is 36.4 Å². The number of rotatable bonds is 7. The van der Waals surface area contributed by atoms with E-state index in [-0.39, 0.29) is 22.8 Å². The maximum atomic E-state index is 12.3. The number of nitriles is 1. The van der Waals surface area contributed by atoms with Crippen molar-refractivity contribution in [3.63, 3.8) is 0 Å². The Bertz CT molecular complexity index is 1090. The molecule has 0 unspecified atom stereocenters. The van der Waals surface area contributed by atoms with Crippen molar-refractivity contribution in [1.29, 1.82) is 5.26 Å². The second kappa shape index (κ2) is 9.15. The zero-order chi connectivity index (χ0) is 20.6. The van der Waals surface area contributed by atoms with Crippen LogP contribution in [0.1, 0.15) is 11.3 Å². The molecule has 0 spiro atoms. The predicted molar refractivity (Wildman–Crippen MR) is 108 cm³/mol. The molecule has 3 rings (SSSR count). The van der Waals surface area contributed by atoms with E-state index >= 15 is 0 Å². The Balaban J connectivity index is 1.71. The summed E-state index contributed by atoms with van der Waals surface area (Å²) >= 11 is 0. The highest BCUT2D eigenvalue weighted by Crippen LogP contribution is 2.31. The number of benzene rings is 2. The van der Waals surface area contributed by atoms with Gasteiger partial charge in [-0.05, 0) is 30.2 Å². The Hall–Kier alpha value is -4.18. The first-order valence-corrected chi connectivity index (χ1v) is 8.86. The molecule has 0 aliphatic heterocycles. The van der Waals surface area contributed by atoms with Crippen molar-refractivity contribution in [2.45, 2.75) is 6.42 Å². The van der Waals surface area contributed by atoms with Crippen LogP contribution in [0.3, 0.4) is 0 Å². The summed E-state index contributed by atoms with van der Waals surface area (Å²) < 4.78 is 5.60. The van der Waals surface area contributed by atoms with Gasteiger partial charge < -0.3 is 9.73 Å². The van der Waals surface area contributed by atoms with E-state index in [9.17, 15) is 20.2 Å². The van der Waals surface area contributed by atoms with Gasteiger partial charge in [-0.3, -0.25) is 14.9 Å². The number of nitrogens with zero attached hydrogens (tertiary/aromatic N) is 2. The van der Waals surface area contributed by atoms with Crippen molar-refractivity contribution in [3.8, 4) is 17.4 Å². The fourth-order valence-electron chi connectivity index (χ4n) is 2.77. The number of hydrogen-bond donors (Lipinski definition) is 1. The fourth-order valence-corrected chi connectivity index (χ4v) is 2.77. The Kier molecular flexibility index (Phi) is 6.18. The molecule has 0 fully saturated rings. The summed E-state index contributed by atoms with van der Waals surface area (Å²) in [7, 11) is 0. The van der Waals surface area contributed by atoms with Gasteiger partial charge in [0.15, 0.2) is 0 Å². The molecule has 1 amide bonds. The number of amides is 1. The van der Waals surface area contributed by atoms with Crippen molar-refractivity contribution >= 4 is 17.7 Å². The minimum Gasteiger partial charge on any atom is -0.456 e. The molecule has 2 aromatic carbocycles. The summed E-state index contributed by atoms with van der Waals surface area (Å²) in [6, 6.07) is 20.8. The molecule has 0 atom stereocenters. The van der Waals surface area contributed by atoms with Crippen LogP contribution in [0.15, 0.2) is 76.7 Å². The first kappa shape index (κ1) is 19.6. The van der Waals surface area contributed by atoms with E-state index in [2.05, 4.69) is 5.32 Å². The molecule has 3 aromatic rings. The van der Waals surface area contributed by atoms with Crippen LogP contribution in [-0.4, -0.2) is 17.4 Å². The minimum atomic E-state index is -0.507. The van der Waals surface area contributed by atoms with Crippen LogP contribution < -0.4 is 5.32 Å². The van der Waals surface area contributed by atoms with E-state index in [0.29, 0.717) is 18.5 Å². The van der Waals surface area contributed by atoms with Gasteiger partial charge in [-0.1, -0.05) is 42.5 Å². The summed E-state index contributed by atoms with van der Waals surface area (Å²) in [4.78, 5) is 22.9. The number of nitro groups is 1. The molecule has 7 nitrogen and oxygen atoms in total. The second-order valence-corrected chi connectivity index (χ2v) is 6.14. The molecule has 0 aliphatic carbocycles. The lowest BCUT2D eigenvalue weighted by molar-refractivity contribution is -0.384. The van der Waals surface area contributed by atoms with Crippen LogP contribution in [0.4, 0.5) is 5.69 Å². The van der Waals surface area contributed by atoms with Gasteiger partial charge in [-0.25, -0.2) is 0 Å².